The molecule has 1 aromatic heterocycles. The number of fused-ring (bicyclic) bond motifs is 5. The van der Waals surface area contributed by atoms with Crippen LogP contribution in [0.4, 0.5) is 0 Å². The summed E-state index contributed by atoms with van der Waals surface area (Å²) < 4.78 is 5.42. The molecule has 0 amide bonds. The van der Waals surface area contributed by atoms with Gasteiger partial charge in [0.2, 0.25) is 0 Å². The molecule has 0 aliphatic heterocycles. The van der Waals surface area contributed by atoms with Crippen molar-refractivity contribution in [3.05, 3.63) is 35.8 Å². The normalized spacial score (nSPS) is 49.1. The quantitative estimate of drug-likeness (QED) is 0.667. The highest BCUT2D eigenvalue weighted by Crippen LogP contribution is 2.68. The van der Waals surface area contributed by atoms with Crippen molar-refractivity contribution in [2.75, 3.05) is 0 Å². The van der Waals surface area contributed by atoms with Crippen molar-refractivity contribution >= 4 is 0 Å². The molecule has 2 heteroatoms. The van der Waals surface area contributed by atoms with Crippen LogP contribution in [0.15, 0.2) is 34.7 Å². The molecule has 3 fully saturated rings. The molecule has 1 heterocycles. The summed E-state index contributed by atoms with van der Waals surface area (Å²) in [6, 6.07) is 2.20. The summed E-state index contributed by atoms with van der Waals surface area (Å²) >= 11 is 0. The van der Waals surface area contributed by atoms with Crippen molar-refractivity contribution in [2.24, 2.45) is 28.6 Å². The topological polar surface area (TPSA) is 33.4 Å². The molecule has 3 saturated carbocycles. The zero-order valence-corrected chi connectivity index (χ0v) is 15.7. The Morgan fingerprint density at radius 3 is 2.72 bits per heavy atom. The first-order chi connectivity index (χ1) is 12.0. The van der Waals surface area contributed by atoms with Gasteiger partial charge in [-0.15, -0.1) is 0 Å². The van der Waals surface area contributed by atoms with Gasteiger partial charge in [0.1, 0.15) is 0 Å². The molecule has 0 radical (unpaired) electrons. The predicted molar refractivity (Wildman–Crippen MR) is 99.2 cm³/mol. The van der Waals surface area contributed by atoms with E-state index in [-0.39, 0.29) is 6.10 Å². The Kier molecular flexibility index (Phi) is 3.55. The third kappa shape index (κ3) is 2.19. The van der Waals surface area contributed by atoms with Crippen LogP contribution in [0.3, 0.4) is 0 Å². The molecular formula is C23H32O2. The molecule has 0 aromatic carbocycles. The Morgan fingerprint density at radius 2 is 1.92 bits per heavy atom. The fourth-order valence-corrected chi connectivity index (χ4v) is 7.73. The average molecular weight is 341 g/mol. The van der Waals surface area contributed by atoms with Crippen LogP contribution in [0.2, 0.25) is 0 Å². The number of furan rings is 1. The van der Waals surface area contributed by atoms with Gasteiger partial charge >= 0.3 is 0 Å². The summed E-state index contributed by atoms with van der Waals surface area (Å²) in [5.74, 6) is 3.28. The summed E-state index contributed by atoms with van der Waals surface area (Å²) in [5.41, 5.74) is 3.83. The SMILES string of the molecule is C[C@]12CCC(O)C=C1CC[C@@H]1[C@H]2CC[C@]2(C)C(c3ccoc3)CC[C@@H]12. The van der Waals surface area contributed by atoms with Gasteiger partial charge in [0.15, 0.2) is 0 Å². The standard InChI is InChI=1S/C23H32O2/c1-22-10-7-17(24)13-16(22)3-4-18-20-6-5-19(15-9-12-25-14-15)23(20,2)11-8-21(18)22/h9,12-14,17-21,24H,3-8,10-11H2,1-2H3/t17?,18-,19?,20-,21+,22-,23+/m0/s1. The fourth-order valence-electron chi connectivity index (χ4n) is 7.73. The summed E-state index contributed by atoms with van der Waals surface area (Å²) in [7, 11) is 0. The van der Waals surface area contributed by atoms with E-state index in [0.717, 1.165) is 24.2 Å². The number of aliphatic hydroxyl groups is 1. The van der Waals surface area contributed by atoms with Gasteiger partial charge in [-0.1, -0.05) is 25.5 Å². The Hall–Kier alpha value is -1.02. The van der Waals surface area contributed by atoms with Crippen LogP contribution >= 0.6 is 0 Å². The second-order valence-corrected chi connectivity index (χ2v) is 9.86. The van der Waals surface area contributed by atoms with E-state index in [1.54, 1.807) is 5.57 Å². The lowest BCUT2D eigenvalue weighted by molar-refractivity contribution is -0.0462. The summed E-state index contributed by atoms with van der Waals surface area (Å²) in [6.07, 6.45) is 16.1. The third-order valence-corrected chi connectivity index (χ3v) is 9.03. The fraction of sp³-hybridized carbons (Fsp3) is 0.739. The van der Waals surface area contributed by atoms with Crippen molar-refractivity contribution in [1.82, 2.24) is 0 Å². The molecule has 0 bridgehead atoms. The van der Waals surface area contributed by atoms with Gasteiger partial charge in [0, 0.05) is 0 Å². The lowest BCUT2D eigenvalue weighted by Crippen LogP contribution is -2.50. The molecule has 25 heavy (non-hydrogen) atoms. The van der Waals surface area contributed by atoms with Crippen LogP contribution < -0.4 is 0 Å². The Balaban J connectivity index is 1.47. The van der Waals surface area contributed by atoms with E-state index in [0.29, 0.717) is 16.7 Å². The lowest BCUT2D eigenvalue weighted by atomic mass is 9.46. The van der Waals surface area contributed by atoms with Crippen molar-refractivity contribution in [2.45, 2.75) is 77.2 Å². The number of hydrogen-bond acceptors (Lipinski definition) is 2. The highest BCUT2D eigenvalue weighted by Gasteiger charge is 2.59. The minimum Gasteiger partial charge on any atom is -0.472 e. The van der Waals surface area contributed by atoms with E-state index in [9.17, 15) is 5.11 Å². The van der Waals surface area contributed by atoms with Crippen molar-refractivity contribution in [1.29, 1.82) is 0 Å². The highest BCUT2D eigenvalue weighted by atomic mass is 16.3. The Morgan fingerprint density at radius 1 is 1.04 bits per heavy atom. The van der Waals surface area contributed by atoms with Crippen LogP contribution in [0, 0.1) is 28.6 Å². The molecule has 2 unspecified atom stereocenters. The number of allylic oxidation sites excluding steroid dienone is 1. The zero-order valence-electron chi connectivity index (χ0n) is 15.7. The predicted octanol–water partition coefficient (Wildman–Crippen LogP) is 5.69. The van der Waals surface area contributed by atoms with Gasteiger partial charge in [-0.05, 0) is 97.5 Å². The van der Waals surface area contributed by atoms with Crippen LogP contribution in [-0.4, -0.2) is 11.2 Å². The van der Waals surface area contributed by atoms with Crippen molar-refractivity contribution < 1.29 is 9.52 Å². The van der Waals surface area contributed by atoms with E-state index in [4.69, 9.17) is 4.42 Å². The molecule has 1 N–H and O–H groups in total. The molecule has 136 valence electrons. The second-order valence-electron chi connectivity index (χ2n) is 9.86. The highest BCUT2D eigenvalue weighted by molar-refractivity contribution is 5.27. The molecular weight excluding hydrogens is 308 g/mol. The smallest absolute Gasteiger partial charge is 0.0937 e. The Bertz CT molecular complexity index is 674. The first-order valence-corrected chi connectivity index (χ1v) is 10.4. The van der Waals surface area contributed by atoms with Crippen molar-refractivity contribution in [3.63, 3.8) is 0 Å². The average Bonchev–Trinajstić information content (AvgIpc) is 3.22. The molecule has 1 aromatic rings. The van der Waals surface area contributed by atoms with Crippen LogP contribution in [0.1, 0.15) is 76.7 Å². The summed E-state index contributed by atoms with van der Waals surface area (Å²) in [6.45, 7) is 5.10. The van der Waals surface area contributed by atoms with E-state index in [1.807, 2.05) is 12.5 Å². The van der Waals surface area contributed by atoms with Crippen LogP contribution in [0.25, 0.3) is 0 Å². The third-order valence-electron chi connectivity index (χ3n) is 9.03. The van der Waals surface area contributed by atoms with Crippen molar-refractivity contribution in [3.8, 4) is 0 Å². The minimum absolute atomic E-state index is 0.189. The molecule has 4 aliphatic rings. The molecule has 0 saturated heterocycles. The van der Waals surface area contributed by atoms with E-state index in [1.165, 1.54) is 50.5 Å². The number of rotatable bonds is 1. The molecule has 4 aliphatic carbocycles. The summed E-state index contributed by atoms with van der Waals surface area (Å²) in [5, 5.41) is 10.1. The summed E-state index contributed by atoms with van der Waals surface area (Å²) in [4.78, 5) is 0. The first kappa shape index (κ1) is 16.2. The van der Waals surface area contributed by atoms with Gasteiger partial charge in [-0.3, -0.25) is 0 Å². The van der Waals surface area contributed by atoms with E-state index >= 15 is 0 Å². The van der Waals surface area contributed by atoms with Gasteiger partial charge in [0.05, 0.1) is 18.6 Å². The maximum absolute atomic E-state index is 10.1. The van der Waals surface area contributed by atoms with Crippen LogP contribution in [-0.2, 0) is 0 Å². The van der Waals surface area contributed by atoms with Gasteiger partial charge < -0.3 is 9.52 Å². The number of aliphatic hydroxyl groups excluding tert-OH is 1. The molecule has 7 atom stereocenters. The van der Waals surface area contributed by atoms with Gasteiger partial charge in [-0.2, -0.15) is 0 Å². The lowest BCUT2D eigenvalue weighted by Gasteiger charge is -2.58. The Labute approximate surface area is 151 Å². The molecule has 0 spiro atoms. The molecule has 5 rings (SSSR count). The van der Waals surface area contributed by atoms with Gasteiger partial charge in [0.25, 0.3) is 0 Å². The second kappa shape index (κ2) is 5.49. The largest absolute Gasteiger partial charge is 0.472 e. The number of hydrogen-bond donors (Lipinski definition) is 1. The maximum Gasteiger partial charge on any atom is 0.0937 e. The maximum atomic E-state index is 10.1. The van der Waals surface area contributed by atoms with Crippen LogP contribution in [0.5, 0.6) is 0 Å². The first-order valence-electron chi connectivity index (χ1n) is 10.4. The van der Waals surface area contributed by atoms with E-state index < -0.39 is 0 Å². The van der Waals surface area contributed by atoms with E-state index in [2.05, 4.69) is 26.0 Å². The molecule has 2 nitrogen and oxygen atoms in total. The van der Waals surface area contributed by atoms with Gasteiger partial charge in [-0.25, -0.2) is 0 Å². The minimum atomic E-state index is -0.189. The zero-order chi connectivity index (χ0) is 17.2. The monoisotopic (exact) mass is 340 g/mol.